The van der Waals surface area contributed by atoms with Crippen LogP contribution in [0, 0.1) is 13.8 Å². The highest BCUT2D eigenvalue weighted by Crippen LogP contribution is 2.19. The third kappa shape index (κ3) is 4.40. The fourth-order valence-corrected chi connectivity index (χ4v) is 3.39. The summed E-state index contributed by atoms with van der Waals surface area (Å²) in [6.45, 7) is 4.55. The van der Waals surface area contributed by atoms with Crippen molar-refractivity contribution in [2.45, 2.75) is 39.3 Å². The Morgan fingerprint density at radius 2 is 1.38 bits per heavy atom. The minimum Gasteiger partial charge on any atom is -0.349 e. The standard InChI is InChI=1S/C24H25N3O2/c1-16-3-4-17(2)27(16)22-13-9-19(10-14-22)23(28)25-15-18-5-7-20(8-6-18)24(29)26-21-11-12-21/h3-10,13-14,21H,11-12,15H2,1-2H3,(H,25,28)(H,26,29). The van der Waals surface area contributed by atoms with Crippen molar-refractivity contribution < 1.29 is 9.59 Å². The summed E-state index contributed by atoms with van der Waals surface area (Å²) in [7, 11) is 0. The topological polar surface area (TPSA) is 63.1 Å². The number of carbonyl (C=O) groups excluding carboxylic acids is 2. The lowest BCUT2D eigenvalue weighted by molar-refractivity contribution is 0.0941. The van der Waals surface area contributed by atoms with Crippen LogP contribution in [0.2, 0.25) is 0 Å². The van der Waals surface area contributed by atoms with Crippen molar-refractivity contribution in [2.75, 3.05) is 0 Å². The summed E-state index contributed by atoms with van der Waals surface area (Å²) < 4.78 is 2.16. The Morgan fingerprint density at radius 3 is 1.97 bits per heavy atom. The zero-order valence-electron chi connectivity index (χ0n) is 16.7. The Morgan fingerprint density at radius 1 is 0.828 bits per heavy atom. The molecule has 0 radical (unpaired) electrons. The summed E-state index contributed by atoms with van der Waals surface area (Å²) in [4.78, 5) is 24.5. The average molecular weight is 387 g/mol. The van der Waals surface area contributed by atoms with E-state index >= 15 is 0 Å². The number of hydrogen-bond donors (Lipinski definition) is 2. The van der Waals surface area contributed by atoms with Gasteiger partial charge in [0.15, 0.2) is 0 Å². The molecule has 0 atom stereocenters. The number of rotatable bonds is 6. The van der Waals surface area contributed by atoms with Crippen molar-refractivity contribution >= 4 is 11.8 Å². The van der Waals surface area contributed by atoms with Gasteiger partial charge in [0.05, 0.1) is 0 Å². The molecule has 4 rings (SSSR count). The third-order valence-corrected chi connectivity index (χ3v) is 5.24. The van der Waals surface area contributed by atoms with Gasteiger partial charge in [0.1, 0.15) is 0 Å². The molecule has 2 aromatic carbocycles. The van der Waals surface area contributed by atoms with E-state index in [4.69, 9.17) is 0 Å². The van der Waals surface area contributed by atoms with Crippen LogP contribution in [0.4, 0.5) is 0 Å². The molecule has 148 valence electrons. The second-order valence-corrected chi connectivity index (χ2v) is 7.63. The van der Waals surface area contributed by atoms with Gasteiger partial charge in [-0.3, -0.25) is 9.59 Å². The van der Waals surface area contributed by atoms with Crippen LogP contribution in [0.1, 0.15) is 50.5 Å². The number of benzene rings is 2. The van der Waals surface area contributed by atoms with E-state index in [2.05, 4.69) is 41.2 Å². The minimum absolute atomic E-state index is 0.0312. The quantitative estimate of drug-likeness (QED) is 0.673. The van der Waals surface area contributed by atoms with E-state index in [0.29, 0.717) is 23.7 Å². The van der Waals surface area contributed by atoms with Gasteiger partial charge >= 0.3 is 0 Å². The van der Waals surface area contributed by atoms with Gasteiger partial charge in [0, 0.05) is 40.8 Å². The molecule has 5 nitrogen and oxygen atoms in total. The third-order valence-electron chi connectivity index (χ3n) is 5.24. The van der Waals surface area contributed by atoms with Crippen LogP contribution in [0.15, 0.2) is 60.7 Å². The highest BCUT2D eigenvalue weighted by atomic mass is 16.2. The molecule has 1 aromatic heterocycles. The molecular formula is C24H25N3O2. The smallest absolute Gasteiger partial charge is 0.251 e. The molecule has 2 amide bonds. The van der Waals surface area contributed by atoms with Crippen molar-refractivity contribution in [3.8, 4) is 5.69 Å². The van der Waals surface area contributed by atoms with Crippen LogP contribution in [0.25, 0.3) is 5.69 Å². The number of carbonyl (C=O) groups is 2. The summed E-state index contributed by atoms with van der Waals surface area (Å²) in [5.74, 6) is -0.149. The maximum absolute atomic E-state index is 12.5. The Hall–Kier alpha value is -3.34. The molecule has 1 heterocycles. The SMILES string of the molecule is Cc1ccc(C)n1-c1ccc(C(=O)NCc2ccc(C(=O)NC3CC3)cc2)cc1. The maximum Gasteiger partial charge on any atom is 0.251 e. The maximum atomic E-state index is 12.5. The summed E-state index contributed by atoms with van der Waals surface area (Å²) in [6.07, 6.45) is 2.14. The monoisotopic (exact) mass is 387 g/mol. The molecule has 5 heteroatoms. The molecule has 2 N–H and O–H groups in total. The fraction of sp³-hybridized carbons (Fsp3) is 0.250. The molecule has 0 spiro atoms. The number of aryl methyl sites for hydroxylation is 2. The predicted octanol–water partition coefficient (Wildman–Crippen LogP) is 3.92. The van der Waals surface area contributed by atoms with Gasteiger partial charge in [-0.25, -0.2) is 0 Å². The van der Waals surface area contributed by atoms with Crippen LogP contribution in [-0.2, 0) is 6.54 Å². The van der Waals surface area contributed by atoms with Crippen molar-refractivity contribution in [1.29, 1.82) is 0 Å². The van der Waals surface area contributed by atoms with Crippen LogP contribution < -0.4 is 10.6 Å². The summed E-state index contributed by atoms with van der Waals surface area (Å²) in [5, 5.41) is 5.91. The Bertz CT molecular complexity index is 1010. The van der Waals surface area contributed by atoms with E-state index in [1.165, 1.54) is 0 Å². The first-order valence-corrected chi connectivity index (χ1v) is 9.94. The van der Waals surface area contributed by atoms with Gasteiger partial charge in [-0.2, -0.15) is 0 Å². The van der Waals surface area contributed by atoms with Crippen molar-refractivity contribution in [2.24, 2.45) is 0 Å². The predicted molar refractivity (Wildman–Crippen MR) is 113 cm³/mol. The van der Waals surface area contributed by atoms with E-state index < -0.39 is 0 Å². The van der Waals surface area contributed by atoms with Crippen LogP contribution in [0.3, 0.4) is 0 Å². The van der Waals surface area contributed by atoms with Gasteiger partial charge in [-0.05, 0) is 80.8 Å². The molecule has 1 fully saturated rings. The van der Waals surface area contributed by atoms with Gasteiger partial charge in [-0.1, -0.05) is 12.1 Å². The van der Waals surface area contributed by atoms with Gasteiger partial charge < -0.3 is 15.2 Å². The first kappa shape index (κ1) is 19.0. The lowest BCUT2D eigenvalue weighted by atomic mass is 10.1. The van der Waals surface area contributed by atoms with Crippen molar-refractivity contribution in [3.63, 3.8) is 0 Å². The molecule has 0 unspecified atom stereocenters. The van der Waals surface area contributed by atoms with Crippen LogP contribution >= 0.6 is 0 Å². The summed E-state index contributed by atoms with van der Waals surface area (Å²) in [5.41, 5.74) is 5.59. The van der Waals surface area contributed by atoms with Gasteiger partial charge in [0.2, 0.25) is 0 Å². The average Bonchev–Trinajstić information content (AvgIpc) is 3.49. The number of amides is 2. The van der Waals surface area contributed by atoms with E-state index in [1.54, 1.807) is 12.1 Å². The second kappa shape index (κ2) is 7.95. The zero-order valence-corrected chi connectivity index (χ0v) is 16.7. The fourth-order valence-electron chi connectivity index (χ4n) is 3.39. The minimum atomic E-state index is -0.118. The molecular weight excluding hydrogens is 362 g/mol. The van der Waals surface area contributed by atoms with E-state index in [0.717, 1.165) is 35.5 Å². The molecule has 3 aromatic rings. The largest absolute Gasteiger partial charge is 0.349 e. The summed E-state index contributed by atoms with van der Waals surface area (Å²) in [6, 6.07) is 19.5. The Balaban J connectivity index is 1.35. The molecule has 0 saturated heterocycles. The molecule has 0 aliphatic heterocycles. The first-order chi connectivity index (χ1) is 14.0. The van der Waals surface area contributed by atoms with Crippen LogP contribution in [0.5, 0.6) is 0 Å². The van der Waals surface area contributed by atoms with Gasteiger partial charge in [0.25, 0.3) is 11.8 Å². The highest BCUT2D eigenvalue weighted by molar-refractivity contribution is 5.95. The molecule has 1 saturated carbocycles. The molecule has 1 aliphatic rings. The zero-order chi connectivity index (χ0) is 20.4. The highest BCUT2D eigenvalue weighted by Gasteiger charge is 2.23. The van der Waals surface area contributed by atoms with E-state index in [1.807, 2.05) is 36.4 Å². The van der Waals surface area contributed by atoms with Crippen molar-refractivity contribution in [3.05, 3.63) is 88.7 Å². The number of hydrogen-bond acceptors (Lipinski definition) is 2. The molecule has 0 bridgehead atoms. The number of nitrogens with zero attached hydrogens (tertiary/aromatic N) is 1. The van der Waals surface area contributed by atoms with Crippen LogP contribution in [-0.4, -0.2) is 22.4 Å². The molecule has 29 heavy (non-hydrogen) atoms. The van der Waals surface area contributed by atoms with Crippen molar-refractivity contribution in [1.82, 2.24) is 15.2 Å². The summed E-state index contributed by atoms with van der Waals surface area (Å²) >= 11 is 0. The first-order valence-electron chi connectivity index (χ1n) is 9.94. The Kier molecular flexibility index (Phi) is 5.21. The lowest BCUT2D eigenvalue weighted by Gasteiger charge is -2.11. The van der Waals surface area contributed by atoms with E-state index in [9.17, 15) is 9.59 Å². The second-order valence-electron chi connectivity index (χ2n) is 7.63. The molecule has 1 aliphatic carbocycles. The van der Waals surface area contributed by atoms with E-state index in [-0.39, 0.29) is 11.8 Å². The lowest BCUT2D eigenvalue weighted by Crippen LogP contribution is -2.25. The number of nitrogens with one attached hydrogen (secondary N) is 2. The normalized spacial score (nSPS) is 13.2. The Labute approximate surface area is 170 Å². The number of aromatic nitrogens is 1. The van der Waals surface area contributed by atoms with Gasteiger partial charge in [-0.15, -0.1) is 0 Å².